The molecule has 0 atom stereocenters. The van der Waals surface area contributed by atoms with Crippen LogP contribution in [0.25, 0.3) is 0 Å². The number of rotatable bonds is 6. The molecule has 1 N–H and O–H groups in total. The fraction of sp³-hybridized carbons (Fsp3) is 0.417. The molecule has 5 heteroatoms. The zero-order chi connectivity index (χ0) is 12.7. The highest BCUT2D eigenvalue weighted by molar-refractivity contribution is 9.10. The van der Waals surface area contributed by atoms with Gasteiger partial charge in [-0.15, -0.1) is 0 Å². The van der Waals surface area contributed by atoms with Gasteiger partial charge in [0.05, 0.1) is 7.11 Å². The maximum atomic E-state index is 10.9. The van der Waals surface area contributed by atoms with Crippen molar-refractivity contribution in [2.24, 2.45) is 0 Å². The Hall–Kier alpha value is -0.580. The molecule has 0 saturated heterocycles. The summed E-state index contributed by atoms with van der Waals surface area (Å²) in [4.78, 5) is 10.9. The van der Waals surface area contributed by atoms with E-state index in [2.05, 4.69) is 26.0 Å². The minimum atomic E-state index is -0.174. The maximum Gasteiger partial charge on any atom is 0.305 e. The van der Waals surface area contributed by atoms with Crippen molar-refractivity contribution in [3.05, 3.63) is 33.3 Å². The van der Waals surface area contributed by atoms with E-state index in [-0.39, 0.29) is 5.97 Å². The molecule has 0 saturated carbocycles. The van der Waals surface area contributed by atoms with Crippen LogP contribution in [-0.2, 0) is 16.1 Å². The predicted octanol–water partition coefficient (Wildman–Crippen LogP) is 3.15. The van der Waals surface area contributed by atoms with E-state index in [1.54, 1.807) is 0 Å². The summed E-state index contributed by atoms with van der Waals surface area (Å²) in [5.74, 6) is -0.174. The number of carbonyl (C=O) groups excluding carboxylic acids is 1. The summed E-state index contributed by atoms with van der Waals surface area (Å²) in [6, 6.07) is 5.75. The van der Waals surface area contributed by atoms with E-state index in [0.29, 0.717) is 13.0 Å². The topological polar surface area (TPSA) is 38.3 Å². The highest BCUT2D eigenvalue weighted by atomic mass is 79.9. The number of halogens is 2. The molecule has 0 aliphatic carbocycles. The fourth-order valence-electron chi connectivity index (χ4n) is 1.36. The standard InChI is InChI=1S/C12H15BrClNO2/c1-17-12(16)3-2-6-15-8-9-7-10(13)4-5-11(9)14/h4-5,7,15H,2-3,6,8H2,1H3. The molecule has 0 bridgehead atoms. The highest BCUT2D eigenvalue weighted by Gasteiger charge is 2.02. The van der Waals surface area contributed by atoms with Crippen molar-refractivity contribution in [3.8, 4) is 0 Å². The molecule has 0 amide bonds. The summed E-state index contributed by atoms with van der Waals surface area (Å²) in [5, 5.41) is 3.98. The van der Waals surface area contributed by atoms with Gasteiger partial charge in [0.25, 0.3) is 0 Å². The quantitative estimate of drug-likeness (QED) is 0.646. The van der Waals surface area contributed by atoms with Gasteiger partial charge in [0.1, 0.15) is 0 Å². The predicted molar refractivity (Wildman–Crippen MR) is 72.1 cm³/mol. The first-order chi connectivity index (χ1) is 8.13. The smallest absolute Gasteiger partial charge is 0.305 e. The van der Waals surface area contributed by atoms with E-state index >= 15 is 0 Å². The van der Waals surface area contributed by atoms with E-state index in [0.717, 1.165) is 28.0 Å². The molecular formula is C12H15BrClNO2. The van der Waals surface area contributed by atoms with Crippen molar-refractivity contribution in [2.45, 2.75) is 19.4 Å². The summed E-state index contributed by atoms with van der Waals surface area (Å²) in [7, 11) is 1.40. The molecule has 0 spiro atoms. The summed E-state index contributed by atoms with van der Waals surface area (Å²) in [6.07, 6.45) is 1.20. The van der Waals surface area contributed by atoms with Gasteiger partial charge >= 0.3 is 5.97 Å². The molecule has 3 nitrogen and oxygen atoms in total. The number of esters is 1. The number of ether oxygens (including phenoxy) is 1. The second kappa shape index (κ2) is 7.69. The van der Waals surface area contributed by atoms with Gasteiger partial charge in [0, 0.05) is 22.5 Å². The second-order valence-electron chi connectivity index (χ2n) is 3.59. The monoisotopic (exact) mass is 319 g/mol. The lowest BCUT2D eigenvalue weighted by atomic mass is 10.2. The van der Waals surface area contributed by atoms with Crippen molar-refractivity contribution in [2.75, 3.05) is 13.7 Å². The van der Waals surface area contributed by atoms with Crippen LogP contribution in [0.4, 0.5) is 0 Å². The molecule has 17 heavy (non-hydrogen) atoms. The highest BCUT2D eigenvalue weighted by Crippen LogP contribution is 2.20. The minimum absolute atomic E-state index is 0.174. The molecule has 0 aliphatic heterocycles. The molecule has 1 aromatic carbocycles. The normalized spacial score (nSPS) is 10.3. The van der Waals surface area contributed by atoms with Crippen LogP contribution in [0.2, 0.25) is 5.02 Å². The van der Waals surface area contributed by atoms with E-state index in [1.165, 1.54) is 7.11 Å². The average Bonchev–Trinajstić information content (AvgIpc) is 2.32. The first kappa shape index (κ1) is 14.5. The number of carbonyl (C=O) groups is 1. The summed E-state index contributed by atoms with van der Waals surface area (Å²) in [5.41, 5.74) is 1.04. The van der Waals surface area contributed by atoms with E-state index < -0.39 is 0 Å². The SMILES string of the molecule is COC(=O)CCCNCc1cc(Br)ccc1Cl. The largest absolute Gasteiger partial charge is 0.469 e. The van der Waals surface area contributed by atoms with Gasteiger partial charge in [-0.1, -0.05) is 27.5 Å². The molecule has 0 heterocycles. The van der Waals surface area contributed by atoms with Crippen molar-refractivity contribution in [1.82, 2.24) is 5.32 Å². The average molecular weight is 321 g/mol. The van der Waals surface area contributed by atoms with Crippen molar-refractivity contribution in [3.63, 3.8) is 0 Å². The van der Waals surface area contributed by atoms with Gasteiger partial charge in [-0.3, -0.25) is 4.79 Å². The lowest BCUT2D eigenvalue weighted by Crippen LogP contribution is -2.16. The van der Waals surface area contributed by atoms with Gasteiger partial charge in [-0.25, -0.2) is 0 Å². The number of nitrogens with one attached hydrogen (secondary N) is 1. The first-order valence-corrected chi connectivity index (χ1v) is 6.52. The van der Waals surface area contributed by atoms with Crippen LogP contribution < -0.4 is 5.32 Å². The van der Waals surface area contributed by atoms with Crippen molar-refractivity contribution in [1.29, 1.82) is 0 Å². The molecule has 1 rings (SSSR count). The van der Waals surface area contributed by atoms with Crippen LogP contribution in [0.3, 0.4) is 0 Å². The summed E-state index contributed by atoms with van der Waals surface area (Å²) < 4.78 is 5.56. The third-order valence-electron chi connectivity index (χ3n) is 2.29. The summed E-state index contributed by atoms with van der Waals surface area (Å²) >= 11 is 9.45. The van der Waals surface area contributed by atoms with Crippen LogP contribution in [0.15, 0.2) is 22.7 Å². The van der Waals surface area contributed by atoms with Crippen LogP contribution in [0.5, 0.6) is 0 Å². The molecule has 0 radical (unpaired) electrons. The molecule has 0 aromatic heterocycles. The zero-order valence-electron chi connectivity index (χ0n) is 9.63. The zero-order valence-corrected chi connectivity index (χ0v) is 12.0. The third kappa shape index (κ3) is 5.52. The second-order valence-corrected chi connectivity index (χ2v) is 4.92. The Labute approximate surface area is 115 Å². The molecule has 0 fully saturated rings. The van der Waals surface area contributed by atoms with Gasteiger partial charge in [0.2, 0.25) is 0 Å². The van der Waals surface area contributed by atoms with E-state index in [4.69, 9.17) is 11.6 Å². The fourth-order valence-corrected chi connectivity index (χ4v) is 1.95. The number of hydrogen-bond acceptors (Lipinski definition) is 3. The Balaban J connectivity index is 2.26. The molecule has 0 unspecified atom stereocenters. The maximum absolute atomic E-state index is 10.9. The Morgan fingerprint density at radius 1 is 1.53 bits per heavy atom. The molecule has 94 valence electrons. The number of hydrogen-bond donors (Lipinski definition) is 1. The van der Waals surface area contributed by atoms with E-state index in [9.17, 15) is 4.79 Å². The van der Waals surface area contributed by atoms with Gasteiger partial charge in [-0.2, -0.15) is 0 Å². The van der Waals surface area contributed by atoms with Gasteiger partial charge in [0.15, 0.2) is 0 Å². The lowest BCUT2D eigenvalue weighted by molar-refractivity contribution is -0.140. The Morgan fingerprint density at radius 2 is 2.29 bits per heavy atom. The van der Waals surface area contributed by atoms with Crippen LogP contribution in [0.1, 0.15) is 18.4 Å². The van der Waals surface area contributed by atoms with Crippen molar-refractivity contribution < 1.29 is 9.53 Å². The van der Waals surface area contributed by atoms with Gasteiger partial charge in [-0.05, 0) is 36.7 Å². The number of methoxy groups -OCH3 is 1. The molecule has 0 aliphatic rings. The summed E-state index contributed by atoms with van der Waals surface area (Å²) in [6.45, 7) is 1.46. The van der Waals surface area contributed by atoms with Crippen LogP contribution in [-0.4, -0.2) is 19.6 Å². The molecule has 1 aromatic rings. The lowest BCUT2D eigenvalue weighted by Gasteiger charge is -2.07. The number of benzene rings is 1. The van der Waals surface area contributed by atoms with Crippen LogP contribution >= 0.6 is 27.5 Å². The molecular weight excluding hydrogens is 305 g/mol. The Kier molecular flexibility index (Phi) is 6.55. The van der Waals surface area contributed by atoms with Crippen LogP contribution in [0, 0.1) is 0 Å². The Bertz CT molecular complexity index is 385. The Morgan fingerprint density at radius 3 is 3.00 bits per heavy atom. The van der Waals surface area contributed by atoms with Crippen molar-refractivity contribution >= 4 is 33.5 Å². The minimum Gasteiger partial charge on any atom is -0.469 e. The van der Waals surface area contributed by atoms with E-state index in [1.807, 2.05) is 18.2 Å². The third-order valence-corrected chi connectivity index (χ3v) is 3.15. The van der Waals surface area contributed by atoms with Gasteiger partial charge < -0.3 is 10.1 Å². The first-order valence-electron chi connectivity index (χ1n) is 5.35.